The van der Waals surface area contributed by atoms with Gasteiger partial charge in [0, 0.05) is 11.8 Å². The minimum absolute atomic E-state index is 0.652. The molecule has 1 heterocycles. The van der Waals surface area contributed by atoms with Crippen LogP contribution < -0.4 is 0 Å². The Morgan fingerprint density at radius 1 is 1.28 bits per heavy atom. The molecule has 0 bridgehead atoms. The van der Waals surface area contributed by atoms with Crippen LogP contribution in [0.4, 0.5) is 0 Å². The van der Waals surface area contributed by atoms with Crippen molar-refractivity contribution in [2.45, 2.75) is 13.3 Å². The van der Waals surface area contributed by atoms with Gasteiger partial charge in [0.1, 0.15) is 0 Å². The Balaban J connectivity index is 2.32. The summed E-state index contributed by atoms with van der Waals surface area (Å²) in [5.74, 6) is 0.652. The van der Waals surface area contributed by atoms with Crippen LogP contribution in [0.15, 0.2) is 47.1 Å². The molecule has 0 saturated carbocycles. The van der Waals surface area contributed by atoms with Gasteiger partial charge in [-0.05, 0) is 36.6 Å². The number of hydrogen-bond donors (Lipinski definition) is 0. The van der Waals surface area contributed by atoms with E-state index in [0.29, 0.717) is 11.5 Å². The van der Waals surface area contributed by atoms with Crippen molar-refractivity contribution in [2.75, 3.05) is 7.11 Å². The van der Waals surface area contributed by atoms with Crippen LogP contribution in [0.2, 0.25) is 0 Å². The van der Waals surface area contributed by atoms with Crippen molar-refractivity contribution < 1.29 is 4.74 Å². The molecule has 0 aromatic heterocycles. The monoisotopic (exact) mass is 238 g/mol. The van der Waals surface area contributed by atoms with Gasteiger partial charge in [-0.1, -0.05) is 18.2 Å². The van der Waals surface area contributed by atoms with Crippen LogP contribution in [-0.2, 0) is 4.74 Å². The molecule has 0 amide bonds. The summed E-state index contributed by atoms with van der Waals surface area (Å²) in [7, 11) is 1.62. The van der Waals surface area contributed by atoms with Gasteiger partial charge in [0.2, 0.25) is 5.90 Å². The van der Waals surface area contributed by atoms with E-state index in [1.54, 1.807) is 7.11 Å². The highest BCUT2D eigenvalue weighted by atomic mass is 16.5. The molecule has 1 aromatic rings. The second-order valence-electron chi connectivity index (χ2n) is 4.07. The Morgan fingerprint density at radius 3 is 2.61 bits per heavy atom. The molecule has 1 aliphatic heterocycles. The lowest BCUT2D eigenvalue weighted by Crippen LogP contribution is -2.00. The highest BCUT2D eigenvalue weighted by molar-refractivity contribution is 5.94. The zero-order valence-electron chi connectivity index (χ0n) is 10.5. The van der Waals surface area contributed by atoms with Crippen LogP contribution in [0, 0.1) is 11.3 Å². The Kier molecular flexibility index (Phi) is 3.59. The Hall–Kier alpha value is -2.34. The fourth-order valence-electron chi connectivity index (χ4n) is 1.81. The Morgan fingerprint density at radius 2 is 2.00 bits per heavy atom. The zero-order valence-corrected chi connectivity index (χ0v) is 10.5. The summed E-state index contributed by atoms with van der Waals surface area (Å²) in [4.78, 5) is 4.32. The SMILES string of the molecule is COC1=NC=C(c2ccc(C#N)cc2)CC=C1C. The van der Waals surface area contributed by atoms with E-state index in [1.807, 2.05) is 37.4 Å². The standard InChI is InChI=1S/C15H14N2O/c1-11-3-6-14(10-17-15(11)18-2)13-7-4-12(9-16)5-8-13/h3-5,7-8,10H,6H2,1-2H3. The molecular weight excluding hydrogens is 224 g/mol. The summed E-state index contributed by atoms with van der Waals surface area (Å²) in [6.07, 6.45) is 4.74. The minimum atomic E-state index is 0.652. The lowest BCUT2D eigenvalue weighted by molar-refractivity contribution is 0.403. The predicted molar refractivity (Wildman–Crippen MR) is 72.0 cm³/mol. The molecule has 1 aliphatic rings. The summed E-state index contributed by atoms with van der Waals surface area (Å²) in [5, 5.41) is 8.77. The molecule has 2 rings (SSSR count). The largest absolute Gasteiger partial charge is 0.481 e. The minimum Gasteiger partial charge on any atom is -0.481 e. The van der Waals surface area contributed by atoms with E-state index in [0.717, 1.165) is 23.1 Å². The average molecular weight is 238 g/mol. The average Bonchev–Trinajstić information content (AvgIpc) is 2.61. The summed E-state index contributed by atoms with van der Waals surface area (Å²) < 4.78 is 5.20. The molecule has 90 valence electrons. The molecule has 0 spiro atoms. The molecule has 18 heavy (non-hydrogen) atoms. The van der Waals surface area contributed by atoms with Gasteiger partial charge in [0.15, 0.2) is 0 Å². The normalized spacial score (nSPS) is 14.8. The van der Waals surface area contributed by atoms with Gasteiger partial charge in [0.05, 0.1) is 18.7 Å². The first-order valence-corrected chi connectivity index (χ1v) is 5.73. The first kappa shape index (κ1) is 12.1. The molecule has 3 nitrogen and oxygen atoms in total. The lowest BCUT2D eigenvalue weighted by Gasteiger charge is -2.02. The number of ether oxygens (including phenoxy) is 1. The smallest absolute Gasteiger partial charge is 0.215 e. The number of nitrogens with zero attached hydrogens (tertiary/aromatic N) is 2. The highest BCUT2D eigenvalue weighted by Gasteiger charge is 2.08. The van der Waals surface area contributed by atoms with E-state index in [4.69, 9.17) is 10.00 Å². The molecule has 0 atom stereocenters. The topological polar surface area (TPSA) is 45.4 Å². The maximum Gasteiger partial charge on any atom is 0.215 e. The van der Waals surface area contributed by atoms with Gasteiger partial charge in [-0.2, -0.15) is 5.26 Å². The van der Waals surface area contributed by atoms with Crippen LogP contribution in [0.5, 0.6) is 0 Å². The quantitative estimate of drug-likeness (QED) is 0.753. The molecule has 3 heteroatoms. The number of aliphatic imine (C=N–C) groups is 1. The third-order valence-corrected chi connectivity index (χ3v) is 2.88. The Bertz CT molecular complexity index is 572. The lowest BCUT2D eigenvalue weighted by atomic mass is 10.0. The zero-order chi connectivity index (χ0) is 13.0. The van der Waals surface area contributed by atoms with Crippen molar-refractivity contribution >= 4 is 11.5 Å². The van der Waals surface area contributed by atoms with Crippen molar-refractivity contribution in [1.29, 1.82) is 5.26 Å². The van der Waals surface area contributed by atoms with Crippen LogP contribution in [0.25, 0.3) is 5.57 Å². The van der Waals surface area contributed by atoms with Gasteiger partial charge >= 0.3 is 0 Å². The fraction of sp³-hybridized carbons (Fsp3) is 0.200. The summed E-state index contributed by atoms with van der Waals surface area (Å²) in [5.41, 5.74) is 3.91. The van der Waals surface area contributed by atoms with Crippen LogP contribution >= 0.6 is 0 Å². The van der Waals surface area contributed by atoms with Gasteiger partial charge in [-0.25, -0.2) is 4.99 Å². The Labute approximate surface area is 107 Å². The summed E-state index contributed by atoms with van der Waals surface area (Å²) in [6.45, 7) is 1.98. The van der Waals surface area contributed by atoms with Gasteiger partial charge < -0.3 is 4.74 Å². The van der Waals surface area contributed by atoms with Crippen LogP contribution in [0.1, 0.15) is 24.5 Å². The van der Waals surface area contributed by atoms with E-state index in [9.17, 15) is 0 Å². The third-order valence-electron chi connectivity index (χ3n) is 2.88. The first-order valence-electron chi connectivity index (χ1n) is 5.73. The van der Waals surface area contributed by atoms with Crippen molar-refractivity contribution in [2.24, 2.45) is 4.99 Å². The van der Waals surface area contributed by atoms with Gasteiger partial charge in [-0.15, -0.1) is 0 Å². The molecule has 0 radical (unpaired) electrons. The number of methoxy groups -OCH3 is 1. The first-order chi connectivity index (χ1) is 8.74. The molecule has 0 fully saturated rings. The number of hydrogen-bond acceptors (Lipinski definition) is 3. The molecule has 0 N–H and O–H groups in total. The maximum atomic E-state index is 8.77. The second-order valence-corrected chi connectivity index (χ2v) is 4.07. The van der Waals surface area contributed by atoms with Gasteiger partial charge in [-0.3, -0.25) is 0 Å². The van der Waals surface area contributed by atoms with E-state index in [1.165, 1.54) is 0 Å². The number of rotatable bonds is 1. The molecular formula is C15H14N2O. The van der Waals surface area contributed by atoms with Crippen molar-refractivity contribution in [3.05, 3.63) is 53.2 Å². The van der Waals surface area contributed by atoms with Crippen LogP contribution in [0.3, 0.4) is 0 Å². The molecule has 1 aromatic carbocycles. The summed E-state index contributed by atoms with van der Waals surface area (Å²) in [6, 6.07) is 9.64. The number of benzene rings is 1. The number of nitriles is 1. The van der Waals surface area contributed by atoms with Crippen molar-refractivity contribution in [3.8, 4) is 6.07 Å². The molecule has 0 aliphatic carbocycles. The predicted octanol–water partition coefficient (Wildman–Crippen LogP) is 3.29. The van der Waals surface area contributed by atoms with Crippen molar-refractivity contribution in [3.63, 3.8) is 0 Å². The van der Waals surface area contributed by atoms with Gasteiger partial charge in [0.25, 0.3) is 0 Å². The molecule has 0 unspecified atom stereocenters. The second kappa shape index (κ2) is 5.33. The van der Waals surface area contributed by atoms with Crippen LogP contribution in [-0.4, -0.2) is 13.0 Å². The third kappa shape index (κ3) is 2.49. The molecule has 0 saturated heterocycles. The van der Waals surface area contributed by atoms with E-state index >= 15 is 0 Å². The fourth-order valence-corrected chi connectivity index (χ4v) is 1.81. The number of allylic oxidation sites excluding steroid dienone is 2. The van der Waals surface area contributed by atoms with E-state index in [2.05, 4.69) is 17.1 Å². The van der Waals surface area contributed by atoms with E-state index < -0.39 is 0 Å². The summed E-state index contributed by atoms with van der Waals surface area (Å²) >= 11 is 0. The van der Waals surface area contributed by atoms with Crippen molar-refractivity contribution in [1.82, 2.24) is 0 Å². The van der Waals surface area contributed by atoms with E-state index in [-0.39, 0.29) is 0 Å². The maximum absolute atomic E-state index is 8.77. The highest BCUT2D eigenvalue weighted by Crippen LogP contribution is 2.23.